The number of rotatable bonds is 3. The summed E-state index contributed by atoms with van der Waals surface area (Å²) in [4.78, 5) is 16.1. The van der Waals surface area contributed by atoms with Crippen molar-refractivity contribution in [2.45, 2.75) is 18.9 Å². The van der Waals surface area contributed by atoms with Gasteiger partial charge in [-0.15, -0.1) is 0 Å². The maximum absolute atomic E-state index is 11.0. The lowest BCUT2D eigenvalue weighted by Crippen LogP contribution is -2.40. The van der Waals surface area contributed by atoms with E-state index in [1.54, 1.807) is 7.11 Å². The fraction of sp³-hybridized carbons (Fsp3) is 0.889. The van der Waals surface area contributed by atoms with Crippen LogP contribution >= 0.6 is 0 Å². The maximum Gasteiger partial charge on any atom is 0.334 e. The van der Waals surface area contributed by atoms with E-state index >= 15 is 0 Å². The van der Waals surface area contributed by atoms with E-state index in [9.17, 15) is 9.90 Å². The molecule has 0 saturated carbocycles. The molecule has 0 aromatic heterocycles. The third-order valence-electron chi connectivity index (χ3n) is 2.65. The largest absolute Gasteiger partial charge is 0.467 e. The summed E-state index contributed by atoms with van der Waals surface area (Å²) in [5, 5.41) is 11.4. The van der Waals surface area contributed by atoms with Gasteiger partial charge in [0.05, 0.1) is 14.2 Å². The third-order valence-corrected chi connectivity index (χ3v) is 2.65. The summed E-state index contributed by atoms with van der Waals surface area (Å²) in [6, 6.07) is 0. The number of piperidine rings is 1. The van der Waals surface area contributed by atoms with E-state index in [0.717, 1.165) is 25.9 Å². The Morgan fingerprint density at radius 1 is 1.43 bits per heavy atom. The summed E-state index contributed by atoms with van der Waals surface area (Å²) < 4.78 is 4.48. The molecule has 82 valence electrons. The van der Waals surface area contributed by atoms with Crippen LogP contribution in [0.1, 0.15) is 12.8 Å². The van der Waals surface area contributed by atoms with Gasteiger partial charge in [0.15, 0.2) is 6.10 Å². The fourth-order valence-electron chi connectivity index (χ4n) is 1.69. The van der Waals surface area contributed by atoms with Gasteiger partial charge in [-0.2, -0.15) is 5.06 Å². The number of carbonyl (C=O) groups excluding carboxylic acids is 1. The SMILES string of the molecule is COC(=O)C(O)C1CCN(OC)CC1. The second-order valence-electron chi connectivity index (χ2n) is 3.42. The first kappa shape index (κ1) is 11.4. The molecule has 5 nitrogen and oxygen atoms in total. The lowest BCUT2D eigenvalue weighted by molar-refractivity contribution is -0.167. The molecular weight excluding hydrogens is 186 g/mol. The molecule has 1 aliphatic heterocycles. The van der Waals surface area contributed by atoms with Gasteiger partial charge in [-0.05, 0) is 18.8 Å². The summed E-state index contributed by atoms with van der Waals surface area (Å²) >= 11 is 0. The monoisotopic (exact) mass is 203 g/mol. The van der Waals surface area contributed by atoms with Gasteiger partial charge >= 0.3 is 5.97 Å². The summed E-state index contributed by atoms with van der Waals surface area (Å²) in [6.45, 7) is 1.49. The van der Waals surface area contributed by atoms with Crippen molar-refractivity contribution in [1.29, 1.82) is 0 Å². The topological polar surface area (TPSA) is 59.0 Å². The molecule has 0 spiro atoms. The smallest absolute Gasteiger partial charge is 0.334 e. The molecule has 1 rings (SSSR count). The van der Waals surface area contributed by atoms with Crippen LogP contribution in [0.2, 0.25) is 0 Å². The van der Waals surface area contributed by atoms with Crippen LogP contribution in [0.3, 0.4) is 0 Å². The van der Waals surface area contributed by atoms with Gasteiger partial charge in [0.2, 0.25) is 0 Å². The Labute approximate surface area is 83.5 Å². The van der Waals surface area contributed by atoms with Crippen LogP contribution in [-0.2, 0) is 14.4 Å². The quantitative estimate of drug-likeness (QED) is 0.643. The summed E-state index contributed by atoms with van der Waals surface area (Å²) in [5.74, 6) is -0.547. The average molecular weight is 203 g/mol. The molecule has 0 amide bonds. The highest BCUT2D eigenvalue weighted by atomic mass is 16.7. The van der Waals surface area contributed by atoms with Gasteiger partial charge in [0.1, 0.15) is 0 Å². The second kappa shape index (κ2) is 5.29. The number of aliphatic hydroxyl groups excluding tert-OH is 1. The molecule has 1 N–H and O–H groups in total. The molecule has 1 saturated heterocycles. The van der Waals surface area contributed by atoms with Crippen LogP contribution in [0.4, 0.5) is 0 Å². The van der Waals surface area contributed by atoms with E-state index in [1.807, 2.05) is 5.06 Å². The zero-order chi connectivity index (χ0) is 10.6. The molecule has 1 unspecified atom stereocenters. The van der Waals surface area contributed by atoms with Gasteiger partial charge in [-0.25, -0.2) is 4.79 Å². The van der Waals surface area contributed by atoms with E-state index in [4.69, 9.17) is 4.84 Å². The molecule has 1 fully saturated rings. The number of hydroxylamine groups is 2. The Bertz CT molecular complexity index is 189. The molecule has 0 aliphatic carbocycles. The van der Waals surface area contributed by atoms with Crippen LogP contribution in [0.15, 0.2) is 0 Å². The van der Waals surface area contributed by atoms with Crippen LogP contribution < -0.4 is 0 Å². The summed E-state index contributed by atoms with van der Waals surface area (Å²) in [7, 11) is 2.91. The van der Waals surface area contributed by atoms with Gasteiger partial charge in [0.25, 0.3) is 0 Å². The Morgan fingerprint density at radius 2 is 2.00 bits per heavy atom. The molecule has 0 aromatic rings. The Balaban J connectivity index is 2.37. The van der Waals surface area contributed by atoms with Crippen molar-refractivity contribution in [2.75, 3.05) is 27.3 Å². The van der Waals surface area contributed by atoms with E-state index < -0.39 is 12.1 Å². The molecule has 0 bridgehead atoms. The average Bonchev–Trinajstić information content (AvgIpc) is 2.27. The fourth-order valence-corrected chi connectivity index (χ4v) is 1.69. The van der Waals surface area contributed by atoms with Crippen LogP contribution in [0, 0.1) is 5.92 Å². The van der Waals surface area contributed by atoms with E-state index in [-0.39, 0.29) is 5.92 Å². The summed E-state index contributed by atoms with van der Waals surface area (Å²) in [6.07, 6.45) is 0.521. The Kier molecular flexibility index (Phi) is 4.31. The van der Waals surface area contributed by atoms with Crippen molar-refractivity contribution in [2.24, 2.45) is 5.92 Å². The van der Waals surface area contributed by atoms with Gasteiger partial charge in [-0.3, -0.25) is 0 Å². The molecule has 5 heteroatoms. The minimum atomic E-state index is -0.987. The molecule has 1 heterocycles. The normalized spacial score (nSPS) is 21.9. The Morgan fingerprint density at radius 3 is 2.43 bits per heavy atom. The van der Waals surface area contributed by atoms with Crippen molar-refractivity contribution >= 4 is 5.97 Å². The lowest BCUT2D eigenvalue weighted by atomic mass is 9.92. The number of aliphatic hydroxyl groups is 1. The van der Waals surface area contributed by atoms with Crippen LogP contribution in [-0.4, -0.2) is 49.6 Å². The zero-order valence-electron chi connectivity index (χ0n) is 8.60. The van der Waals surface area contributed by atoms with Crippen molar-refractivity contribution in [3.63, 3.8) is 0 Å². The standard InChI is InChI=1S/C9H17NO4/c1-13-9(12)8(11)7-3-5-10(14-2)6-4-7/h7-8,11H,3-6H2,1-2H3. The Hall–Kier alpha value is -0.650. The number of hydrogen-bond acceptors (Lipinski definition) is 5. The summed E-state index contributed by atoms with van der Waals surface area (Å²) in [5.41, 5.74) is 0. The molecule has 14 heavy (non-hydrogen) atoms. The van der Waals surface area contributed by atoms with Gasteiger partial charge < -0.3 is 14.7 Å². The predicted octanol–water partition coefficient (Wildman–Crippen LogP) is -0.206. The van der Waals surface area contributed by atoms with Gasteiger partial charge in [0, 0.05) is 13.1 Å². The number of methoxy groups -OCH3 is 1. The zero-order valence-corrected chi connectivity index (χ0v) is 8.60. The van der Waals surface area contributed by atoms with E-state index in [2.05, 4.69) is 4.74 Å². The van der Waals surface area contributed by atoms with Crippen LogP contribution in [0.5, 0.6) is 0 Å². The molecule has 0 radical (unpaired) electrons. The number of ether oxygens (including phenoxy) is 1. The van der Waals surface area contributed by atoms with Crippen molar-refractivity contribution in [3.05, 3.63) is 0 Å². The van der Waals surface area contributed by atoms with E-state index in [0.29, 0.717) is 0 Å². The molecular formula is C9H17NO4. The van der Waals surface area contributed by atoms with Crippen molar-refractivity contribution in [3.8, 4) is 0 Å². The highest BCUT2D eigenvalue weighted by molar-refractivity contribution is 5.74. The molecule has 1 aliphatic rings. The predicted molar refractivity (Wildman–Crippen MR) is 49.3 cm³/mol. The third kappa shape index (κ3) is 2.67. The maximum atomic E-state index is 11.0. The van der Waals surface area contributed by atoms with Crippen molar-refractivity contribution in [1.82, 2.24) is 5.06 Å². The first-order valence-corrected chi connectivity index (χ1v) is 4.74. The van der Waals surface area contributed by atoms with E-state index in [1.165, 1.54) is 7.11 Å². The molecule has 1 atom stereocenters. The lowest BCUT2D eigenvalue weighted by Gasteiger charge is -2.31. The highest BCUT2D eigenvalue weighted by Crippen LogP contribution is 2.21. The second-order valence-corrected chi connectivity index (χ2v) is 3.42. The minimum absolute atomic E-state index is 0.00569. The number of nitrogens with zero attached hydrogens (tertiary/aromatic N) is 1. The van der Waals surface area contributed by atoms with Gasteiger partial charge in [-0.1, -0.05) is 0 Å². The molecule has 0 aromatic carbocycles. The first-order valence-electron chi connectivity index (χ1n) is 4.74. The first-order chi connectivity index (χ1) is 6.69. The highest BCUT2D eigenvalue weighted by Gasteiger charge is 2.30. The van der Waals surface area contributed by atoms with Crippen molar-refractivity contribution < 1.29 is 19.5 Å². The number of hydrogen-bond donors (Lipinski definition) is 1. The minimum Gasteiger partial charge on any atom is -0.467 e. The number of esters is 1. The number of carbonyl (C=O) groups is 1. The van der Waals surface area contributed by atoms with Crippen LogP contribution in [0.25, 0.3) is 0 Å².